The molecule has 2 aromatic carbocycles. The van der Waals surface area contributed by atoms with Crippen LogP contribution >= 0.6 is 30.1 Å². The van der Waals surface area contributed by atoms with E-state index in [0.717, 1.165) is 30.4 Å². The molecular weight excluding hydrogens is 439 g/mol. The minimum atomic E-state index is 0.109. The van der Waals surface area contributed by atoms with Gasteiger partial charge in [0.15, 0.2) is 0 Å². The van der Waals surface area contributed by atoms with E-state index in [9.17, 15) is 5.11 Å². The predicted octanol–water partition coefficient (Wildman–Crippen LogP) is 6.70. The zero-order valence-electron chi connectivity index (χ0n) is 15.3. The minimum absolute atomic E-state index is 0.109. The lowest BCUT2D eigenvalue weighted by Gasteiger charge is -2.33. The lowest BCUT2D eigenvalue weighted by molar-refractivity contribution is 0.392. The summed E-state index contributed by atoms with van der Waals surface area (Å²) in [5.74, 6) is 3.59. The van der Waals surface area contributed by atoms with Crippen LogP contribution in [0.4, 0.5) is 0 Å². The van der Waals surface area contributed by atoms with Crippen LogP contribution in [-0.4, -0.2) is 5.11 Å². The summed E-state index contributed by atoms with van der Waals surface area (Å²) in [6, 6.07) is 12.7. The van der Waals surface area contributed by atoms with E-state index in [2.05, 4.69) is 77.4 Å². The molecule has 1 N–H and O–H groups in total. The van der Waals surface area contributed by atoms with Gasteiger partial charge in [0, 0.05) is 26.8 Å². The van der Waals surface area contributed by atoms with Gasteiger partial charge >= 0.3 is 0 Å². The fraction of sp³-hybridized carbons (Fsp3) is 0.364. The van der Waals surface area contributed by atoms with Crippen LogP contribution in [0.5, 0.6) is 5.75 Å². The molecule has 0 aromatic heterocycles. The van der Waals surface area contributed by atoms with E-state index in [4.69, 9.17) is 0 Å². The van der Waals surface area contributed by atoms with Gasteiger partial charge in [0.05, 0.1) is 0 Å². The Hall–Kier alpha value is -1.12. The van der Waals surface area contributed by atoms with Gasteiger partial charge in [-0.25, -0.2) is 0 Å². The lowest BCUT2D eigenvalue weighted by atomic mass is 9.71. The molecule has 3 heteroatoms. The van der Waals surface area contributed by atoms with E-state index < -0.39 is 0 Å². The van der Waals surface area contributed by atoms with Gasteiger partial charge in [0.25, 0.3) is 0 Å². The van der Waals surface area contributed by atoms with Gasteiger partial charge < -0.3 is 5.11 Å². The molecule has 2 aromatic rings. The summed E-state index contributed by atoms with van der Waals surface area (Å²) in [5, 5.41) is 12.9. The van der Waals surface area contributed by atoms with Crippen LogP contribution in [0.25, 0.3) is 0 Å². The maximum Gasteiger partial charge on any atom is 0.118 e. The summed E-state index contributed by atoms with van der Waals surface area (Å²) in [4.78, 5) is 0. The Morgan fingerprint density at radius 3 is 2.32 bits per heavy atom. The molecule has 0 aliphatic carbocycles. The number of rotatable bonds is 5. The van der Waals surface area contributed by atoms with Crippen molar-refractivity contribution in [2.24, 2.45) is 0 Å². The van der Waals surface area contributed by atoms with E-state index in [1.54, 1.807) is 0 Å². The number of hydrogen-bond donors (Lipinski definition) is 1. The first kappa shape index (κ1) is 20.2. The standard InChI is InChI=1S/C22H25IOS/c1-5-22(6-2,15-18-7-10-21(24)17(4)13-18)20-9-8-19(11-12-25-23)16(3)14-20/h7-10,13-14,24H,5-6,15H2,1-4H3. The third-order valence-electron chi connectivity index (χ3n) is 5.22. The van der Waals surface area contributed by atoms with Crippen molar-refractivity contribution in [1.29, 1.82) is 0 Å². The molecule has 0 spiro atoms. The van der Waals surface area contributed by atoms with Crippen LogP contribution in [0.1, 0.15) is 54.5 Å². The summed E-state index contributed by atoms with van der Waals surface area (Å²) >= 11 is 2.20. The molecule has 1 nitrogen and oxygen atoms in total. The summed E-state index contributed by atoms with van der Waals surface area (Å²) < 4.78 is 0. The second-order valence-corrected chi connectivity index (χ2v) is 8.30. The lowest BCUT2D eigenvalue weighted by Crippen LogP contribution is -2.27. The molecule has 0 aliphatic heterocycles. The molecule has 0 saturated carbocycles. The normalized spacial score (nSPS) is 11.1. The zero-order chi connectivity index (χ0) is 18.4. The van der Waals surface area contributed by atoms with Crippen LogP contribution < -0.4 is 0 Å². The van der Waals surface area contributed by atoms with Gasteiger partial charge in [0.2, 0.25) is 0 Å². The quantitative estimate of drug-likeness (QED) is 0.393. The smallest absolute Gasteiger partial charge is 0.118 e. The Kier molecular flexibility index (Phi) is 7.27. The molecule has 132 valence electrons. The number of benzene rings is 2. The van der Waals surface area contributed by atoms with Crippen molar-refractivity contribution in [1.82, 2.24) is 0 Å². The van der Waals surface area contributed by atoms with Gasteiger partial charge in [-0.05, 0) is 87.1 Å². The summed E-state index contributed by atoms with van der Waals surface area (Å²) in [6.45, 7) is 8.65. The fourth-order valence-electron chi connectivity index (χ4n) is 3.44. The van der Waals surface area contributed by atoms with Crippen molar-refractivity contribution in [3.05, 3.63) is 64.2 Å². The third kappa shape index (κ3) is 4.74. The maximum atomic E-state index is 9.80. The Morgan fingerprint density at radius 1 is 1.04 bits per heavy atom. The van der Waals surface area contributed by atoms with Crippen LogP contribution in [-0.2, 0) is 11.8 Å². The first-order valence-corrected chi connectivity index (χ1v) is 12.0. The molecule has 0 amide bonds. The molecule has 2 rings (SSSR count). The van der Waals surface area contributed by atoms with Gasteiger partial charge in [-0.3, -0.25) is 0 Å². The fourth-order valence-corrected chi connectivity index (χ4v) is 3.92. The summed E-state index contributed by atoms with van der Waals surface area (Å²) in [5.41, 5.74) is 6.06. The Morgan fingerprint density at radius 2 is 1.76 bits per heavy atom. The summed E-state index contributed by atoms with van der Waals surface area (Å²) in [6.07, 6.45) is 3.14. The zero-order valence-corrected chi connectivity index (χ0v) is 18.3. The Balaban J connectivity index is 2.41. The molecule has 0 bridgehead atoms. The van der Waals surface area contributed by atoms with E-state index in [1.165, 1.54) is 25.6 Å². The van der Waals surface area contributed by atoms with Crippen LogP contribution in [0.3, 0.4) is 0 Å². The van der Waals surface area contributed by atoms with Crippen LogP contribution in [0.2, 0.25) is 0 Å². The molecule has 25 heavy (non-hydrogen) atoms. The SMILES string of the molecule is CCC(CC)(Cc1ccc(O)c(C)c1)c1ccc(C#CSI)c(C)c1. The van der Waals surface area contributed by atoms with E-state index >= 15 is 0 Å². The van der Waals surface area contributed by atoms with Crippen molar-refractivity contribution in [2.45, 2.75) is 52.4 Å². The molecule has 0 unspecified atom stereocenters. The topological polar surface area (TPSA) is 20.2 Å². The number of hydrogen-bond acceptors (Lipinski definition) is 2. The summed E-state index contributed by atoms with van der Waals surface area (Å²) in [7, 11) is 1.52. The molecule has 0 saturated heterocycles. The second kappa shape index (κ2) is 9.00. The highest BCUT2D eigenvalue weighted by Crippen LogP contribution is 2.37. The highest BCUT2D eigenvalue weighted by atomic mass is 127. The van der Waals surface area contributed by atoms with Crippen molar-refractivity contribution in [3.63, 3.8) is 0 Å². The van der Waals surface area contributed by atoms with Crippen molar-refractivity contribution in [3.8, 4) is 16.9 Å². The average Bonchev–Trinajstić information content (AvgIpc) is 2.62. The highest BCUT2D eigenvalue weighted by molar-refractivity contribution is 14.2. The van der Waals surface area contributed by atoms with Gasteiger partial charge in [-0.1, -0.05) is 44.0 Å². The molecule has 0 aliphatic rings. The third-order valence-corrected chi connectivity index (χ3v) is 6.06. The van der Waals surface area contributed by atoms with Crippen molar-refractivity contribution >= 4 is 30.1 Å². The predicted molar refractivity (Wildman–Crippen MR) is 118 cm³/mol. The monoisotopic (exact) mass is 464 g/mol. The highest BCUT2D eigenvalue weighted by Gasteiger charge is 2.29. The maximum absolute atomic E-state index is 9.80. The van der Waals surface area contributed by atoms with Gasteiger partial charge in [-0.15, -0.1) is 0 Å². The van der Waals surface area contributed by atoms with Gasteiger partial charge in [-0.2, -0.15) is 0 Å². The van der Waals surface area contributed by atoms with E-state index in [-0.39, 0.29) is 5.41 Å². The number of aromatic hydroxyl groups is 1. The molecule has 0 atom stereocenters. The number of halogens is 1. The first-order chi connectivity index (χ1) is 12.0. The minimum Gasteiger partial charge on any atom is -0.508 e. The van der Waals surface area contributed by atoms with E-state index in [1.807, 2.05) is 19.1 Å². The van der Waals surface area contributed by atoms with Gasteiger partial charge in [0.1, 0.15) is 5.75 Å². The number of phenolic OH excluding ortho intramolecular Hbond substituents is 1. The molecule has 0 radical (unpaired) electrons. The molecule has 0 fully saturated rings. The number of phenols is 1. The van der Waals surface area contributed by atoms with Crippen molar-refractivity contribution < 1.29 is 5.11 Å². The molecule has 0 heterocycles. The molecular formula is C22H25IOS. The number of aryl methyl sites for hydroxylation is 2. The van der Waals surface area contributed by atoms with Crippen LogP contribution in [0.15, 0.2) is 36.4 Å². The largest absolute Gasteiger partial charge is 0.508 e. The van der Waals surface area contributed by atoms with Crippen molar-refractivity contribution in [2.75, 3.05) is 0 Å². The Labute approximate surface area is 168 Å². The second-order valence-electron chi connectivity index (χ2n) is 6.62. The van der Waals surface area contributed by atoms with Crippen LogP contribution in [0, 0.1) is 25.0 Å². The Bertz CT molecular complexity index is 797. The first-order valence-electron chi connectivity index (χ1n) is 8.64. The average molecular weight is 464 g/mol. The van der Waals surface area contributed by atoms with E-state index in [0.29, 0.717) is 5.75 Å².